The van der Waals surface area contributed by atoms with Crippen molar-refractivity contribution in [2.45, 2.75) is 25.7 Å². The van der Waals surface area contributed by atoms with Gasteiger partial charge >= 0.3 is 0 Å². The van der Waals surface area contributed by atoms with E-state index >= 15 is 0 Å². The molecule has 0 fully saturated rings. The Morgan fingerprint density at radius 3 is 2.44 bits per heavy atom. The van der Waals surface area contributed by atoms with Gasteiger partial charge in [-0.2, -0.15) is 0 Å². The zero-order valence-corrected chi connectivity index (χ0v) is 11.3. The second-order valence-electron chi connectivity index (χ2n) is 4.81. The van der Waals surface area contributed by atoms with Crippen LogP contribution in [0, 0.1) is 5.82 Å². The summed E-state index contributed by atoms with van der Waals surface area (Å²) in [6.45, 7) is 3.77. The van der Waals surface area contributed by atoms with Crippen LogP contribution in [0.2, 0.25) is 0 Å². The van der Waals surface area contributed by atoms with Crippen molar-refractivity contribution >= 4 is 17.1 Å². The normalized spacial score (nSPS) is 11.5. The first-order valence-electron chi connectivity index (χ1n) is 5.82. The van der Waals surface area contributed by atoms with E-state index in [1.807, 2.05) is 31.4 Å². The largest absolute Gasteiger partial charge is 0.298 e. The molecule has 1 aromatic carbocycles. The van der Waals surface area contributed by atoms with Gasteiger partial charge in [0.1, 0.15) is 11.6 Å². The molecule has 0 unspecified atom stereocenters. The summed E-state index contributed by atoms with van der Waals surface area (Å²) in [5.41, 5.74) is 0.267. The van der Waals surface area contributed by atoms with Crippen LogP contribution in [-0.2, 0) is 16.6 Å². The predicted octanol–water partition coefficient (Wildman–Crippen LogP) is 3.98. The van der Waals surface area contributed by atoms with E-state index in [-0.39, 0.29) is 11.6 Å². The van der Waals surface area contributed by atoms with Crippen LogP contribution in [0.25, 0.3) is 0 Å². The fourth-order valence-electron chi connectivity index (χ4n) is 1.82. The topological polar surface area (TPSA) is 17.1 Å². The van der Waals surface area contributed by atoms with Crippen molar-refractivity contribution in [3.05, 3.63) is 58.0 Å². The van der Waals surface area contributed by atoms with Gasteiger partial charge in [0, 0.05) is 16.7 Å². The van der Waals surface area contributed by atoms with Gasteiger partial charge in [-0.15, -0.1) is 11.3 Å². The highest BCUT2D eigenvalue weighted by Gasteiger charge is 2.29. The lowest BCUT2D eigenvalue weighted by Crippen LogP contribution is -2.30. The molecule has 0 radical (unpaired) electrons. The molecule has 0 saturated heterocycles. The van der Waals surface area contributed by atoms with Gasteiger partial charge < -0.3 is 0 Å². The summed E-state index contributed by atoms with van der Waals surface area (Å²) < 4.78 is 12.9. The van der Waals surface area contributed by atoms with Crippen molar-refractivity contribution in [1.82, 2.24) is 0 Å². The van der Waals surface area contributed by atoms with Crippen LogP contribution >= 0.6 is 11.3 Å². The first-order chi connectivity index (χ1) is 8.50. The zero-order chi connectivity index (χ0) is 13.2. The van der Waals surface area contributed by atoms with Gasteiger partial charge in [0.05, 0.1) is 0 Å². The fraction of sp³-hybridized carbons (Fsp3) is 0.267. The summed E-state index contributed by atoms with van der Waals surface area (Å²) in [6, 6.07) is 10.1. The smallest absolute Gasteiger partial charge is 0.148 e. The molecule has 0 aliphatic carbocycles. The predicted molar refractivity (Wildman–Crippen MR) is 72.5 cm³/mol. The number of rotatable bonds is 4. The number of halogens is 1. The molecule has 2 rings (SSSR count). The zero-order valence-electron chi connectivity index (χ0n) is 10.4. The van der Waals surface area contributed by atoms with Gasteiger partial charge in [0.25, 0.3) is 0 Å². The van der Waals surface area contributed by atoms with Crippen LogP contribution < -0.4 is 0 Å². The minimum atomic E-state index is -0.586. The van der Waals surface area contributed by atoms with Gasteiger partial charge in [0.15, 0.2) is 0 Å². The third-order valence-corrected chi connectivity index (χ3v) is 4.05. The maximum absolute atomic E-state index is 12.9. The number of hydrogen-bond acceptors (Lipinski definition) is 2. The minimum Gasteiger partial charge on any atom is -0.298 e. The van der Waals surface area contributed by atoms with Crippen LogP contribution in [0.4, 0.5) is 4.39 Å². The quantitative estimate of drug-likeness (QED) is 0.814. The summed E-state index contributed by atoms with van der Waals surface area (Å²) in [4.78, 5) is 13.4. The third-order valence-electron chi connectivity index (χ3n) is 3.18. The van der Waals surface area contributed by atoms with Gasteiger partial charge in [-0.3, -0.25) is 4.79 Å². The van der Waals surface area contributed by atoms with Gasteiger partial charge in [-0.25, -0.2) is 4.39 Å². The Morgan fingerprint density at radius 1 is 1.22 bits per heavy atom. The molecule has 0 N–H and O–H groups in total. The number of thiophene rings is 1. The highest BCUT2D eigenvalue weighted by Crippen LogP contribution is 2.26. The van der Waals surface area contributed by atoms with E-state index in [9.17, 15) is 9.18 Å². The van der Waals surface area contributed by atoms with E-state index in [4.69, 9.17) is 0 Å². The van der Waals surface area contributed by atoms with Crippen molar-refractivity contribution in [1.29, 1.82) is 0 Å². The molecule has 0 aliphatic rings. The molecule has 2 aromatic rings. The standard InChI is InChI=1S/C15H15FOS/c1-15(2,11-5-7-12(16)8-6-11)14(17)10-13-4-3-9-18-13/h3-9H,10H2,1-2H3. The first-order valence-corrected chi connectivity index (χ1v) is 6.70. The number of ketones is 1. The van der Waals surface area contributed by atoms with Crippen molar-refractivity contribution in [2.75, 3.05) is 0 Å². The second kappa shape index (κ2) is 5.02. The number of Topliss-reactive ketones (excluding diaryl/α,β-unsaturated/α-hetero) is 1. The maximum atomic E-state index is 12.9. The van der Waals surface area contributed by atoms with Crippen molar-refractivity contribution in [2.24, 2.45) is 0 Å². The number of benzene rings is 1. The molecule has 0 spiro atoms. The Kier molecular flexibility index (Phi) is 3.62. The lowest BCUT2D eigenvalue weighted by molar-refractivity contribution is -0.122. The molecule has 0 saturated carbocycles. The maximum Gasteiger partial charge on any atom is 0.148 e. The van der Waals surface area contributed by atoms with Gasteiger partial charge in [0.2, 0.25) is 0 Å². The molecule has 3 heteroatoms. The van der Waals surface area contributed by atoms with E-state index < -0.39 is 5.41 Å². The minimum absolute atomic E-state index is 0.150. The fourth-order valence-corrected chi connectivity index (χ4v) is 2.52. The molecule has 1 heterocycles. The molecule has 18 heavy (non-hydrogen) atoms. The molecule has 0 amide bonds. The number of hydrogen-bond donors (Lipinski definition) is 0. The van der Waals surface area contributed by atoms with Crippen LogP contribution in [0.15, 0.2) is 41.8 Å². The molecular formula is C15H15FOS. The highest BCUT2D eigenvalue weighted by molar-refractivity contribution is 7.10. The Balaban J connectivity index is 2.19. The van der Waals surface area contributed by atoms with Gasteiger partial charge in [-0.1, -0.05) is 18.2 Å². The van der Waals surface area contributed by atoms with Crippen LogP contribution in [0.5, 0.6) is 0 Å². The highest BCUT2D eigenvalue weighted by atomic mass is 32.1. The molecule has 1 nitrogen and oxygen atoms in total. The summed E-state index contributed by atoms with van der Waals surface area (Å²) in [5.74, 6) is -0.128. The van der Waals surface area contributed by atoms with E-state index in [0.717, 1.165) is 10.4 Å². The van der Waals surface area contributed by atoms with E-state index in [2.05, 4.69) is 0 Å². The first kappa shape index (κ1) is 13.0. The van der Waals surface area contributed by atoms with Crippen molar-refractivity contribution < 1.29 is 9.18 Å². The van der Waals surface area contributed by atoms with Crippen LogP contribution in [0.3, 0.4) is 0 Å². The average molecular weight is 262 g/mol. The lowest BCUT2D eigenvalue weighted by Gasteiger charge is -2.23. The lowest BCUT2D eigenvalue weighted by atomic mass is 9.79. The number of carbonyl (C=O) groups excluding carboxylic acids is 1. The third kappa shape index (κ3) is 2.67. The summed E-state index contributed by atoms with van der Waals surface area (Å²) in [6.07, 6.45) is 0.433. The van der Waals surface area contributed by atoms with E-state index in [1.54, 1.807) is 23.5 Å². The molecular weight excluding hydrogens is 247 g/mol. The van der Waals surface area contributed by atoms with Crippen molar-refractivity contribution in [3.63, 3.8) is 0 Å². The molecule has 94 valence electrons. The van der Waals surface area contributed by atoms with E-state index in [0.29, 0.717) is 6.42 Å². The Bertz CT molecular complexity index is 526. The van der Waals surface area contributed by atoms with Gasteiger partial charge in [-0.05, 0) is 43.0 Å². The molecule has 0 atom stereocenters. The van der Waals surface area contributed by atoms with Crippen LogP contribution in [-0.4, -0.2) is 5.78 Å². The molecule has 0 bridgehead atoms. The summed E-state index contributed by atoms with van der Waals surface area (Å²) >= 11 is 1.58. The monoisotopic (exact) mass is 262 g/mol. The van der Waals surface area contributed by atoms with Crippen molar-refractivity contribution in [3.8, 4) is 0 Å². The second-order valence-corrected chi connectivity index (χ2v) is 5.84. The Morgan fingerprint density at radius 2 is 1.89 bits per heavy atom. The Labute approximate surface area is 110 Å². The Hall–Kier alpha value is -1.48. The summed E-state index contributed by atoms with van der Waals surface area (Å²) in [7, 11) is 0. The number of carbonyl (C=O) groups is 1. The van der Waals surface area contributed by atoms with Crippen LogP contribution in [0.1, 0.15) is 24.3 Å². The molecule has 1 aromatic heterocycles. The van der Waals surface area contributed by atoms with E-state index in [1.165, 1.54) is 12.1 Å². The molecule has 0 aliphatic heterocycles. The SMILES string of the molecule is CC(C)(C(=O)Cc1cccs1)c1ccc(F)cc1. The average Bonchev–Trinajstić information content (AvgIpc) is 2.82. The summed E-state index contributed by atoms with van der Waals surface area (Å²) in [5, 5.41) is 1.97.